The molecule has 7 nitrogen and oxygen atoms in total. The number of hydrogen-bond acceptors (Lipinski definition) is 5. The van der Waals surface area contributed by atoms with Gasteiger partial charge in [-0.05, 0) is 0 Å². The Bertz CT molecular complexity index is 417. The Kier molecular flexibility index (Phi) is 4.16. The number of thiazole rings is 1. The van der Waals surface area contributed by atoms with Crippen molar-refractivity contribution in [1.29, 1.82) is 0 Å². The van der Waals surface area contributed by atoms with Crippen LogP contribution in [0.1, 0.15) is 5.69 Å². The minimum Gasteiger partial charge on any atom is -0.479 e. The van der Waals surface area contributed by atoms with Crippen molar-refractivity contribution in [3.8, 4) is 0 Å². The lowest BCUT2D eigenvalue weighted by atomic mass is 10.2. The number of nitrogens with zero attached hydrogens (tertiary/aromatic N) is 2. The number of aromatic nitrogens is 1. The van der Waals surface area contributed by atoms with E-state index < -0.39 is 23.9 Å². The van der Waals surface area contributed by atoms with E-state index in [-0.39, 0.29) is 6.42 Å². The number of carbonyl (C=O) groups excluding carboxylic acids is 1. The minimum absolute atomic E-state index is 0.114. The van der Waals surface area contributed by atoms with Crippen molar-refractivity contribution >= 4 is 29.2 Å². The van der Waals surface area contributed by atoms with Crippen LogP contribution in [0.5, 0.6) is 0 Å². The highest BCUT2D eigenvalue weighted by atomic mass is 32.1. The molecule has 17 heavy (non-hydrogen) atoms. The number of rotatable bonds is 5. The van der Waals surface area contributed by atoms with Crippen LogP contribution in [0.4, 0.5) is 0 Å². The molecule has 0 atom stereocenters. The first-order chi connectivity index (χ1) is 7.93. The van der Waals surface area contributed by atoms with Crippen molar-refractivity contribution in [3.63, 3.8) is 0 Å². The Morgan fingerprint density at radius 1 is 1.41 bits per heavy atom. The van der Waals surface area contributed by atoms with Gasteiger partial charge in [-0.25, -0.2) is 14.6 Å². The lowest BCUT2D eigenvalue weighted by Crippen LogP contribution is -2.48. The molecule has 1 rings (SSSR count). The largest absolute Gasteiger partial charge is 0.479 e. The van der Waals surface area contributed by atoms with Crippen molar-refractivity contribution in [1.82, 2.24) is 9.88 Å². The van der Waals surface area contributed by atoms with E-state index in [1.165, 1.54) is 16.8 Å². The first-order valence-corrected chi connectivity index (χ1v) is 5.46. The number of hydrogen-bond donors (Lipinski definition) is 2. The van der Waals surface area contributed by atoms with Gasteiger partial charge < -0.3 is 15.1 Å². The van der Waals surface area contributed by atoms with Crippen LogP contribution in [0.3, 0.4) is 0 Å². The van der Waals surface area contributed by atoms with Gasteiger partial charge >= 0.3 is 11.9 Å². The van der Waals surface area contributed by atoms with Gasteiger partial charge in [0.2, 0.25) is 11.9 Å². The fourth-order valence-corrected chi connectivity index (χ4v) is 1.74. The number of amides is 1. The Morgan fingerprint density at radius 2 is 2.00 bits per heavy atom. The molecule has 1 amide bonds. The van der Waals surface area contributed by atoms with Gasteiger partial charge in [-0.2, -0.15) is 0 Å². The highest BCUT2D eigenvalue weighted by Gasteiger charge is 2.33. The maximum atomic E-state index is 11.6. The molecule has 1 aromatic heterocycles. The molecule has 0 aliphatic heterocycles. The predicted molar refractivity (Wildman–Crippen MR) is 57.6 cm³/mol. The molecule has 0 saturated carbocycles. The predicted octanol–water partition coefficient (Wildman–Crippen LogP) is -0.318. The van der Waals surface area contributed by atoms with Gasteiger partial charge in [-0.3, -0.25) is 4.79 Å². The Labute approximate surface area is 100 Å². The maximum absolute atomic E-state index is 11.6. The summed E-state index contributed by atoms with van der Waals surface area (Å²) in [5, 5.41) is 19.0. The Hall–Kier alpha value is -1.96. The van der Waals surface area contributed by atoms with Crippen LogP contribution in [-0.2, 0) is 20.8 Å². The van der Waals surface area contributed by atoms with E-state index in [0.717, 1.165) is 7.05 Å². The molecule has 0 unspecified atom stereocenters. The molecular weight excluding hydrogens is 248 g/mol. The quantitative estimate of drug-likeness (QED) is 0.701. The highest BCUT2D eigenvalue weighted by molar-refractivity contribution is 7.07. The highest BCUT2D eigenvalue weighted by Crippen LogP contribution is 2.06. The lowest BCUT2D eigenvalue weighted by molar-refractivity contribution is -0.160. The molecule has 0 spiro atoms. The summed E-state index contributed by atoms with van der Waals surface area (Å²) in [6.07, 6.45) is -0.114. The van der Waals surface area contributed by atoms with E-state index in [9.17, 15) is 14.4 Å². The molecule has 1 heterocycles. The van der Waals surface area contributed by atoms with Crippen molar-refractivity contribution in [2.45, 2.75) is 12.5 Å². The summed E-state index contributed by atoms with van der Waals surface area (Å²) in [7, 11) is 1.14. The average molecular weight is 258 g/mol. The Morgan fingerprint density at radius 3 is 2.41 bits per heavy atom. The summed E-state index contributed by atoms with van der Waals surface area (Å²) >= 11 is 1.30. The second kappa shape index (κ2) is 5.39. The maximum Gasteiger partial charge on any atom is 0.338 e. The van der Waals surface area contributed by atoms with Gasteiger partial charge in [0.15, 0.2) is 0 Å². The normalized spacial score (nSPS) is 10.2. The molecule has 0 aliphatic carbocycles. The molecule has 0 bridgehead atoms. The van der Waals surface area contributed by atoms with E-state index in [4.69, 9.17) is 10.2 Å². The summed E-state index contributed by atoms with van der Waals surface area (Å²) in [6, 6.07) is -1.87. The number of carboxylic acids is 2. The third kappa shape index (κ3) is 3.25. The average Bonchev–Trinajstić information content (AvgIpc) is 2.68. The van der Waals surface area contributed by atoms with Crippen molar-refractivity contribution < 1.29 is 24.6 Å². The van der Waals surface area contributed by atoms with E-state index in [1.54, 1.807) is 5.38 Å². The summed E-state index contributed by atoms with van der Waals surface area (Å²) in [5.74, 6) is -3.76. The summed E-state index contributed by atoms with van der Waals surface area (Å²) in [5.41, 5.74) is 2.02. The zero-order valence-corrected chi connectivity index (χ0v) is 9.68. The molecular formula is C9H10N2O5S. The second-order valence-electron chi connectivity index (χ2n) is 3.24. The smallest absolute Gasteiger partial charge is 0.338 e. The third-order valence-electron chi connectivity index (χ3n) is 2.06. The lowest BCUT2D eigenvalue weighted by Gasteiger charge is -2.20. The first-order valence-electron chi connectivity index (χ1n) is 4.51. The van der Waals surface area contributed by atoms with Crippen LogP contribution in [0.15, 0.2) is 10.9 Å². The molecule has 1 aromatic rings. The van der Waals surface area contributed by atoms with Gasteiger partial charge in [0.25, 0.3) is 0 Å². The van der Waals surface area contributed by atoms with Crippen LogP contribution >= 0.6 is 11.3 Å². The van der Waals surface area contributed by atoms with Crippen LogP contribution in [-0.4, -0.2) is 51.0 Å². The Balaban J connectivity index is 2.74. The monoisotopic (exact) mass is 258 g/mol. The molecule has 0 fully saturated rings. The van der Waals surface area contributed by atoms with E-state index >= 15 is 0 Å². The zero-order valence-electron chi connectivity index (χ0n) is 8.86. The van der Waals surface area contributed by atoms with Gasteiger partial charge in [-0.15, -0.1) is 11.3 Å². The number of carboxylic acid groups (broad SMARTS) is 2. The first kappa shape index (κ1) is 13.1. The van der Waals surface area contributed by atoms with Crippen LogP contribution in [0, 0.1) is 0 Å². The SMILES string of the molecule is CN(C(=O)Cc1cscn1)C(C(=O)O)C(=O)O. The van der Waals surface area contributed by atoms with Crippen LogP contribution in [0.25, 0.3) is 0 Å². The van der Waals surface area contributed by atoms with E-state index in [2.05, 4.69) is 4.98 Å². The van der Waals surface area contributed by atoms with Crippen LogP contribution < -0.4 is 0 Å². The van der Waals surface area contributed by atoms with E-state index in [0.29, 0.717) is 10.6 Å². The molecule has 0 aliphatic rings. The molecule has 0 aromatic carbocycles. The molecule has 2 N–H and O–H groups in total. The minimum atomic E-state index is -1.87. The van der Waals surface area contributed by atoms with Crippen molar-refractivity contribution in [2.75, 3.05) is 7.05 Å². The van der Waals surface area contributed by atoms with Crippen LogP contribution in [0.2, 0.25) is 0 Å². The fourth-order valence-electron chi connectivity index (χ4n) is 1.19. The van der Waals surface area contributed by atoms with Gasteiger partial charge in [0, 0.05) is 12.4 Å². The number of likely N-dealkylation sites (N-methyl/N-ethyl adjacent to an activating group) is 1. The fraction of sp³-hybridized carbons (Fsp3) is 0.333. The number of aliphatic carboxylic acids is 2. The number of carbonyl (C=O) groups is 3. The van der Waals surface area contributed by atoms with Gasteiger partial charge in [-0.1, -0.05) is 0 Å². The topological polar surface area (TPSA) is 108 Å². The van der Waals surface area contributed by atoms with Crippen molar-refractivity contribution in [2.24, 2.45) is 0 Å². The summed E-state index contributed by atoms with van der Waals surface area (Å²) in [4.78, 5) is 37.6. The summed E-state index contributed by atoms with van der Waals surface area (Å²) in [6.45, 7) is 0. The van der Waals surface area contributed by atoms with Crippen molar-refractivity contribution in [3.05, 3.63) is 16.6 Å². The van der Waals surface area contributed by atoms with E-state index in [1.807, 2.05) is 0 Å². The third-order valence-corrected chi connectivity index (χ3v) is 2.70. The molecule has 0 saturated heterocycles. The molecule has 92 valence electrons. The second-order valence-corrected chi connectivity index (χ2v) is 3.96. The summed E-state index contributed by atoms with van der Waals surface area (Å²) < 4.78 is 0. The van der Waals surface area contributed by atoms with Gasteiger partial charge in [0.1, 0.15) is 0 Å². The molecule has 8 heteroatoms. The standard InChI is InChI=1S/C9H10N2O5S/c1-11(7(8(13)14)9(15)16)6(12)2-5-3-17-4-10-5/h3-4,7H,2H2,1H3,(H,13,14)(H,15,16). The zero-order chi connectivity index (χ0) is 13.0. The van der Waals surface area contributed by atoms with Gasteiger partial charge in [0.05, 0.1) is 17.6 Å². The molecule has 0 radical (unpaired) electrons.